The lowest BCUT2D eigenvalue weighted by Gasteiger charge is -2.17. The van der Waals surface area contributed by atoms with Crippen molar-refractivity contribution in [1.82, 2.24) is 4.98 Å². The van der Waals surface area contributed by atoms with Crippen molar-refractivity contribution >= 4 is 5.78 Å². The maximum atomic E-state index is 12.1. The van der Waals surface area contributed by atoms with Crippen molar-refractivity contribution in [1.29, 1.82) is 5.26 Å². The Kier molecular flexibility index (Phi) is 4.19. The second kappa shape index (κ2) is 5.41. The van der Waals surface area contributed by atoms with Crippen LogP contribution in [0.4, 0.5) is 0 Å². The zero-order valence-corrected chi connectivity index (χ0v) is 9.84. The topological polar surface area (TPSA) is 53.8 Å². The highest BCUT2D eigenvalue weighted by Gasteiger charge is 2.26. The monoisotopic (exact) mass is 216 g/mol. The smallest absolute Gasteiger partial charge is 0.157 e. The SMILES string of the molecule is CC(C)C(C)C(=O)C(C#N)c1ccncc1. The van der Waals surface area contributed by atoms with Crippen LogP contribution in [0.25, 0.3) is 0 Å². The van der Waals surface area contributed by atoms with Gasteiger partial charge in [0.2, 0.25) is 0 Å². The first-order valence-corrected chi connectivity index (χ1v) is 5.41. The number of hydrogen-bond acceptors (Lipinski definition) is 3. The Morgan fingerprint density at radius 2 is 1.88 bits per heavy atom. The molecule has 0 spiro atoms. The third-order valence-electron chi connectivity index (χ3n) is 2.90. The molecule has 0 aliphatic carbocycles. The van der Waals surface area contributed by atoms with Gasteiger partial charge in [-0.15, -0.1) is 0 Å². The third-order valence-corrected chi connectivity index (χ3v) is 2.90. The van der Waals surface area contributed by atoms with Crippen LogP contribution in [0.2, 0.25) is 0 Å². The van der Waals surface area contributed by atoms with Crippen LogP contribution in [-0.4, -0.2) is 10.8 Å². The zero-order chi connectivity index (χ0) is 12.1. The number of nitrogens with zero attached hydrogens (tertiary/aromatic N) is 2. The normalized spacial score (nSPS) is 14.2. The maximum Gasteiger partial charge on any atom is 0.157 e. The molecule has 0 N–H and O–H groups in total. The molecule has 0 saturated heterocycles. The minimum Gasteiger partial charge on any atom is -0.298 e. The van der Waals surface area contributed by atoms with Crippen LogP contribution in [0.3, 0.4) is 0 Å². The fraction of sp³-hybridized carbons (Fsp3) is 0.462. The van der Waals surface area contributed by atoms with Crippen molar-refractivity contribution in [2.24, 2.45) is 11.8 Å². The van der Waals surface area contributed by atoms with E-state index in [1.165, 1.54) is 0 Å². The molecule has 0 fully saturated rings. The van der Waals surface area contributed by atoms with Gasteiger partial charge in [-0.25, -0.2) is 0 Å². The second-order valence-electron chi connectivity index (χ2n) is 4.28. The average molecular weight is 216 g/mol. The molecular weight excluding hydrogens is 200 g/mol. The molecule has 0 amide bonds. The van der Waals surface area contributed by atoms with Crippen LogP contribution in [-0.2, 0) is 4.79 Å². The van der Waals surface area contributed by atoms with E-state index in [4.69, 9.17) is 5.26 Å². The average Bonchev–Trinajstić information content (AvgIpc) is 2.30. The second-order valence-corrected chi connectivity index (χ2v) is 4.28. The van der Waals surface area contributed by atoms with Crippen LogP contribution < -0.4 is 0 Å². The molecular formula is C13H16N2O. The van der Waals surface area contributed by atoms with Gasteiger partial charge >= 0.3 is 0 Å². The summed E-state index contributed by atoms with van der Waals surface area (Å²) in [6.07, 6.45) is 3.21. The van der Waals surface area contributed by atoms with Crippen molar-refractivity contribution in [2.45, 2.75) is 26.7 Å². The van der Waals surface area contributed by atoms with E-state index in [2.05, 4.69) is 11.1 Å². The molecule has 16 heavy (non-hydrogen) atoms. The Labute approximate surface area is 96.1 Å². The van der Waals surface area contributed by atoms with E-state index in [0.29, 0.717) is 0 Å². The summed E-state index contributed by atoms with van der Waals surface area (Å²) in [5.41, 5.74) is 0.731. The highest BCUT2D eigenvalue weighted by atomic mass is 16.1. The summed E-state index contributed by atoms with van der Waals surface area (Å²) in [7, 11) is 0. The first-order valence-electron chi connectivity index (χ1n) is 5.41. The van der Waals surface area contributed by atoms with E-state index in [0.717, 1.165) is 5.56 Å². The number of pyridine rings is 1. The van der Waals surface area contributed by atoms with Crippen LogP contribution in [0, 0.1) is 23.2 Å². The molecule has 0 radical (unpaired) electrons. The van der Waals surface area contributed by atoms with Crippen molar-refractivity contribution in [3.05, 3.63) is 30.1 Å². The van der Waals surface area contributed by atoms with E-state index < -0.39 is 5.92 Å². The molecule has 1 aromatic heterocycles. The van der Waals surface area contributed by atoms with Crippen molar-refractivity contribution < 1.29 is 4.79 Å². The van der Waals surface area contributed by atoms with Gasteiger partial charge in [0.15, 0.2) is 5.78 Å². The predicted octanol–water partition coefficient (Wildman–Crippen LogP) is 2.55. The molecule has 0 saturated carbocycles. The Morgan fingerprint density at radius 3 is 2.31 bits per heavy atom. The molecule has 3 heteroatoms. The molecule has 2 atom stereocenters. The highest BCUT2D eigenvalue weighted by molar-refractivity contribution is 5.90. The van der Waals surface area contributed by atoms with Crippen LogP contribution in [0.5, 0.6) is 0 Å². The van der Waals surface area contributed by atoms with Gasteiger partial charge in [-0.3, -0.25) is 9.78 Å². The van der Waals surface area contributed by atoms with E-state index in [1.54, 1.807) is 24.5 Å². The number of carbonyl (C=O) groups excluding carboxylic acids is 1. The molecule has 0 aliphatic rings. The summed E-state index contributed by atoms with van der Waals surface area (Å²) in [5, 5.41) is 9.09. The summed E-state index contributed by atoms with van der Waals surface area (Å²) in [5.74, 6) is -0.521. The van der Waals surface area contributed by atoms with Crippen molar-refractivity contribution in [3.8, 4) is 6.07 Å². The Morgan fingerprint density at radius 1 is 1.31 bits per heavy atom. The fourth-order valence-electron chi connectivity index (χ4n) is 1.45. The Balaban J connectivity index is 2.93. The predicted molar refractivity (Wildman–Crippen MR) is 61.6 cm³/mol. The van der Waals surface area contributed by atoms with Gasteiger partial charge in [0.05, 0.1) is 6.07 Å². The summed E-state index contributed by atoms with van der Waals surface area (Å²) < 4.78 is 0. The highest BCUT2D eigenvalue weighted by Crippen LogP contribution is 2.23. The van der Waals surface area contributed by atoms with Gasteiger partial charge in [-0.2, -0.15) is 5.26 Å². The number of aromatic nitrogens is 1. The Hall–Kier alpha value is -1.69. The number of nitriles is 1. The fourth-order valence-corrected chi connectivity index (χ4v) is 1.45. The van der Waals surface area contributed by atoms with Gasteiger partial charge in [0.1, 0.15) is 5.92 Å². The quantitative estimate of drug-likeness (QED) is 0.777. The number of rotatable bonds is 4. The van der Waals surface area contributed by atoms with Gasteiger partial charge in [0, 0.05) is 18.3 Å². The molecule has 0 aliphatic heterocycles. The van der Waals surface area contributed by atoms with Gasteiger partial charge in [-0.05, 0) is 23.6 Å². The number of ketones is 1. The lowest BCUT2D eigenvalue weighted by atomic mass is 9.84. The molecule has 2 unspecified atom stereocenters. The number of hydrogen-bond donors (Lipinski definition) is 0. The standard InChI is InChI=1S/C13H16N2O/c1-9(2)10(3)13(16)12(8-14)11-4-6-15-7-5-11/h4-7,9-10,12H,1-3H3. The van der Waals surface area contributed by atoms with Gasteiger partial charge in [-0.1, -0.05) is 20.8 Å². The minimum atomic E-state index is -0.666. The summed E-state index contributed by atoms with van der Waals surface area (Å²) in [6, 6.07) is 5.52. The van der Waals surface area contributed by atoms with E-state index in [-0.39, 0.29) is 17.6 Å². The molecule has 1 heterocycles. The van der Waals surface area contributed by atoms with Crippen LogP contribution >= 0.6 is 0 Å². The minimum absolute atomic E-state index is 0.0105. The summed E-state index contributed by atoms with van der Waals surface area (Å²) in [4.78, 5) is 16.0. The molecule has 0 bridgehead atoms. The lowest BCUT2D eigenvalue weighted by Crippen LogP contribution is -2.23. The largest absolute Gasteiger partial charge is 0.298 e. The van der Waals surface area contributed by atoms with E-state index in [9.17, 15) is 4.79 Å². The molecule has 0 aromatic carbocycles. The van der Waals surface area contributed by atoms with Gasteiger partial charge in [0.25, 0.3) is 0 Å². The van der Waals surface area contributed by atoms with Crippen molar-refractivity contribution in [2.75, 3.05) is 0 Å². The van der Waals surface area contributed by atoms with Crippen LogP contribution in [0.1, 0.15) is 32.3 Å². The number of carbonyl (C=O) groups is 1. The molecule has 84 valence electrons. The zero-order valence-electron chi connectivity index (χ0n) is 9.84. The first kappa shape index (κ1) is 12.4. The molecule has 1 rings (SSSR count). The van der Waals surface area contributed by atoms with E-state index >= 15 is 0 Å². The summed E-state index contributed by atoms with van der Waals surface area (Å²) >= 11 is 0. The summed E-state index contributed by atoms with van der Waals surface area (Å²) in [6.45, 7) is 5.85. The third kappa shape index (κ3) is 2.66. The first-order chi connectivity index (χ1) is 7.57. The van der Waals surface area contributed by atoms with Crippen molar-refractivity contribution in [3.63, 3.8) is 0 Å². The Bertz CT molecular complexity index is 392. The maximum absolute atomic E-state index is 12.1. The van der Waals surface area contributed by atoms with Gasteiger partial charge < -0.3 is 0 Å². The molecule has 3 nitrogen and oxygen atoms in total. The lowest BCUT2D eigenvalue weighted by molar-refractivity contribution is -0.123. The number of Topliss-reactive ketones (excluding diaryl/α,β-unsaturated/α-hetero) is 1. The van der Waals surface area contributed by atoms with E-state index in [1.807, 2.05) is 20.8 Å². The molecule has 1 aromatic rings. The van der Waals surface area contributed by atoms with Crippen LogP contribution in [0.15, 0.2) is 24.5 Å².